The molecule has 0 saturated heterocycles. The van der Waals surface area contributed by atoms with Crippen LogP contribution in [-0.2, 0) is 5.41 Å². The molecule has 0 aliphatic heterocycles. The molecule has 1 aromatic carbocycles. The second-order valence-corrected chi connectivity index (χ2v) is 6.48. The molecule has 0 bridgehead atoms. The molecule has 2 aromatic rings. The summed E-state index contributed by atoms with van der Waals surface area (Å²) in [5.74, 6) is 0.788. The van der Waals surface area contributed by atoms with Gasteiger partial charge in [-0.05, 0) is 31.5 Å². The molecular weight excluding hydrogens is 280 g/mol. The Labute approximate surface area is 130 Å². The number of nitrogens with zero attached hydrogens (tertiary/aromatic N) is 2. The summed E-state index contributed by atoms with van der Waals surface area (Å²) in [5.41, 5.74) is 7.50. The van der Waals surface area contributed by atoms with Gasteiger partial charge in [-0.15, -0.1) is 0 Å². The van der Waals surface area contributed by atoms with Gasteiger partial charge < -0.3 is 15.6 Å². The summed E-state index contributed by atoms with van der Waals surface area (Å²) < 4.78 is 5.24. The predicted molar refractivity (Wildman–Crippen MR) is 84.5 cm³/mol. The number of rotatable bonds is 3. The number of nitrogens with one attached hydrogen (secondary N) is 1. The predicted octanol–water partition coefficient (Wildman–Crippen LogP) is 2.75. The van der Waals surface area contributed by atoms with E-state index >= 15 is 0 Å². The number of anilines is 1. The number of nitrogen functional groups attached to an aromatic ring is 1. The third-order valence-corrected chi connectivity index (χ3v) is 3.34. The summed E-state index contributed by atoms with van der Waals surface area (Å²) in [6, 6.07) is 4.87. The fourth-order valence-electron chi connectivity index (χ4n) is 1.94. The number of amides is 1. The Morgan fingerprint density at radius 2 is 2.05 bits per heavy atom. The maximum Gasteiger partial charge on any atom is 0.252 e. The highest BCUT2D eigenvalue weighted by Crippen LogP contribution is 2.21. The standard InChI is InChI=1S/C16H22N4O2/c1-9-6-7-11(17)8-12(9)13(21)18-10(2)14-19-15(20-22-14)16(3,4)5/h6-8,10H,17H2,1-5H3,(H,18,21). The van der Waals surface area contributed by atoms with Gasteiger partial charge >= 0.3 is 0 Å². The van der Waals surface area contributed by atoms with Crippen molar-refractivity contribution < 1.29 is 9.32 Å². The maximum atomic E-state index is 12.3. The molecule has 0 radical (unpaired) electrons. The highest BCUT2D eigenvalue weighted by molar-refractivity contribution is 5.96. The van der Waals surface area contributed by atoms with Gasteiger partial charge in [0.1, 0.15) is 6.04 Å². The van der Waals surface area contributed by atoms with Crippen molar-refractivity contribution in [2.45, 2.75) is 46.1 Å². The fourth-order valence-corrected chi connectivity index (χ4v) is 1.94. The monoisotopic (exact) mass is 302 g/mol. The minimum atomic E-state index is -0.378. The van der Waals surface area contributed by atoms with Crippen molar-refractivity contribution in [3.05, 3.63) is 41.0 Å². The van der Waals surface area contributed by atoms with Gasteiger partial charge in [-0.2, -0.15) is 4.98 Å². The summed E-state index contributed by atoms with van der Waals surface area (Å²) in [5, 5.41) is 6.82. The Hall–Kier alpha value is -2.37. The van der Waals surface area contributed by atoms with Gasteiger partial charge in [0.25, 0.3) is 5.91 Å². The van der Waals surface area contributed by atoms with E-state index in [-0.39, 0.29) is 17.4 Å². The first-order valence-electron chi connectivity index (χ1n) is 7.19. The number of carbonyl (C=O) groups excluding carboxylic acids is 1. The Morgan fingerprint density at radius 1 is 1.36 bits per heavy atom. The van der Waals surface area contributed by atoms with Crippen LogP contribution in [0.25, 0.3) is 0 Å². The molecule has 0 aliphatic carbocycles. The number of hydrogen-bond acceptors (Lipinski definition) is 5. The maximum absolute atomic E-state index is 12.3. The molecule has 22 heavy (non-hydrogen) atoms. The van der Waals surface area contributed by atoms with Crippen LogP contribution in [0.3, 0.4) is 0 Å². The van der Waals surface area contributed by atoms with Crippen molar-refractivity contribution in [3.8, 4) is 0 Å². The van der Waals surface area contributed by atoms with E-state index in [9.17, 15) is 4.79 Å². The molecule has 1 unspecified atom stereocenters. The van der Waals surface area contributed by atoms with E-state index in [1.165, 1.54) is 0 Å². The van der Waals surface area contributed by atoms with Gasteiger partial charge in [0.2, 0.25) is 5.89 Å². The number of benzene rings is 1. The van der Waals surface area contributed by atoms with Crippen LogP contribution >= 0.6 is 0 Å². The SMILES string of the molecule is Cc1ccc(N)cc1C(=O)NC(C)c1nc(C(C)(C)C)no1. The third-order valence-electron chi connectivity index (χ3n) is 3.34. The lowest BCUT2D eigenvalue weighted by molar-refractivity contribution is 0.0932. The smallest absolute Gasteiger partial charge is 0.252 e. The molecule has 1 atom stereocenters. The van der Waals surface area contributed by atoms with Crippen molar-refractivity contribution >= 4 is 11.6 Å². The van der Waals surface area contributed by atoms with Gasteiger partial charge in [-0.25, -0.2) is 0 Å². The molecule has 118 valence electrons. The van der Waals surface area contributed by atoms with E-state index in [2.05, 4.69) is 15.5 Å². The van der Waals surface area contributed by atoms with Crippen molar-refractivity contribution in [1.82, 2.24) is 15.5 Å². The van der Waals surface area contributed by atoms with Crippen LogP contribution in [0.4, 0.5) is 5.69 Å². The van der Waals surface area contributed by atoms with Crippen LogP contribution in [0, 0.1) is 6.92 Å². The van der Waals surface area contributed by atoms with Crippen molar-refractivity contribution in [2.24, 2.45) is 0 Å². The van der Waals surface area contributed by atoms with Crippen LogP contribution in [0.2, 0.25) is 0 Å². The molecule has 1 amide bonds. The summed E-state index contributed by atoms with van der Waals surface area (Å²) in [6.45, 7) is 9.67. The average molecular weight is 302 g/mol. The average Bonchev–Trinajstić information content (AvgIpc) is 2.91. The lowest BCUT2D eigenvalue weighted by Gasteiger charge is -2.13. The molecule has 6 nitrogen and oxygen atoms in total. The zero-order valence-corrected chi connectivity index (χ0v) is 13.6. The first kappa shape index (κ1) is 16.0. The van der Waals surface area contributed by atoms with E-state index in [1.807, 2.05) is 33.8 Å². The number of aryl methyl sites for hydroxylation is 1. The molecule has 2 rings (SSSR count). The highest BCUT2D eigenvalue weighted by atomic mass is 16.5. The molecule has 6 heteroatoms. The summed E-state index contributed by atoms with van der Waals surface area (Å²) in [6.07, 6.45) is 0. The molecule has 3 N–H and O–H groups in total. The summed E-state index contributed by atoms with van der Waals surface area (Å²) >= 11 is 0. The second kappa shape index (κ2) is 5.79. The van der Waals surface area contributed by atoms with E-state index in [1.54, 1.807) is 19.1 Å². The van der Waals surface area contributed by atoms with Crippen LogP contribution in [-0.4, -0.2) is 16.0 Å². The Kier molecular flexibility index (Phi) is 4.21. The zero-order valence-electron chi connectivity index (χ0n) is 13.6. The van der Waals surface area contributed by atoms with E-state index in [0.29, 0.717) is 23.0 Å². The topological polar surface area (TPSA) is 94.0 Å². The van der Waals surface area contributed by atoms with Crippen molar-refractivity contribution in [2.75, 3.05) is 5.73 Å². The Balaban J connectivity index is 2.14. The molecule has 0 spiro atoms. The Morgan fingerprint density at radius 3 is 2.64 bits per heavy atom. The number of aromatic nitrogens is 2. The van der Waals surface area contributed by atoms with Crippen molar-refractivity contribution in [1.29, 1.82) is 0 Å². The van der Waals surface area contributed by atoms with E-state index < -0.39 is 0 Å². The quantitative estimate of drug-likeness (QED) is 0.850. The molecular formula is C16H22N4O2. The highest BCUT2D eigenvalue weighted by Gasteiger charge is 2.24. The summed E-state index contributed by atoms with van der Waals surface area (Å²) in [4.78, 5) is 16.7. The lowest BCUT2D eigenvalue weighted by atomic mass is 9.96. The van der Waals surface area contributed by atoms with Gasteiger partial charge in [0.15, 0.2) is 5.82 Å². The van der Waals surface area contributed by atoms with Gasteiger partial charge in [-0.3, -0.25) is 4.79 Å². The summed E-state index contributed by atoms with van der Waals surface area (Å²) in [7, 11) is 0. The number of carbonyl (C=O) groups is 1. The third kappa shape index (κ3) is 3.44. The fraction of sp³-hybridized carbons (Fsp3) is 0.438. The largest absolute Gasteiger partial charge is 0.399 e. The molecule has 1 aromatic heterocycles. The van der Waals surface area contributed by atoms with Gasteiger partial charge in [0.05, 0.1) is 0 Å². The van der Waals surface area contributed by atoms with E-state index in [4.69, 9.17) is 10.3 Å². The first-order chi connectivity index (χ1) is 10.2. The minimum absolute atomic E-state index is 0.198. The van der Waals surface area contributed by atoms with Crippen molar-refractivity contribution in [3.63, 3.8) is 0 Å². The molecule has 1 heterocycles. The lowest BCUT2D eigenvalue weighted by Crippen LogP contribution is -2.27. The van der Waals surface area contributed by atoms with Crippen LogP contribution < -0.4 is 11.1 Å². The second-order valence-electron chi connectivity index (χ2n) is 6.48. The van der Waals surface area contributed by atoms with E-state index in [0.717, 1.165) is 5.56 Å². The molecule has 0 saturated carbocycles. The van der Waals surface area contributed by atoms with Crippen LogP contribution in [0.1, 0.15) is 61.4 Å². The number of nitrogens with two attached hydrogens (primary N) is 1. The van der Waals surface area contributed by atoms with Crippen LogP contribution in [0.15, 0.2) is 22.7 Å². The zero-order chi connectivity index (χ0) is 16.5. The van der Waals surface area contributed by atoms with Gasteiger partial charge in [0, 0.05) is 16.7 Å². The molecule has 0 fully saturated rings. The first-order valence-corrected chi connectivity index (χ1v) is 7.19. The number of hydrogen-bond donors (Lipinski definition) is 2. The molecule has 0 aliphatic rings. The minimum Gasteiger partial charge on any atom is -0.399 e. The Bertz CT molecular complexity index is 686. The van der Waals surface area contributed by atoms with Gasteiger partial charge in [-0.1, -0.05) is 32.0 Å². The van der Waals surface area contributed by atoms with Crippen LogP contribution in [0.5, 0.6) is 0 Å². The normalized spacial score (nSPS) is 13.0.